The van der Waals surface area contributed by atoms with E-state index in [-0.39, 0.29) is 5.69 Å². The summed E-state index contributed by atoms with van der Waals surface area (Å²) in [5.74, 6) is -0.650. The van der Waals surface area contributed by atoms with Gasteiger partial charge in [0, 0.05) is 22.2 Å². The Morgan fingerprint density at radius 1 is 1.16 bits per heavy atom. The van der Waals surface area contributed by atoms with Gasteiger partial charge in [0.25, 0.3) is 5.56 Å². The van der Waals surface area contributed by atoms with Crippen molar-refractivity contribution in [2.75, 3.05) is 7.11 Å². The Bertz CT molecular complexity index is 1040. The fourth-order valence-corrected chi connectivity index (χ4v) is 2.94. The lowest BCUT2D eigenvalue weighted by Crippen LogP contribution is -2.25. The van der Waals surface area contributed by atoms with Gasteiger partial charge < -0.3 is 4.74 Å². The fraction of sp³-hybridized carbons (Fsp3) is 0.105. The van der Waals surface area contributed by atoms with Gasteiger partial charge in [0.05, 0.1) is 7.11 Å². The average molecular weight is 355 g/mol. The molecule has 3 rings (SSSR count). The predicted molar refractivity (Wildman–Crippen MR) is 99.6 cm³/mol. The van der Waals surface area contributed by atoms with Gasteiger partial charge in [0.1, 0.15) is 0 Å². The molecule has 1 heterocycles. The van der Waals surface area contributed by atoms with Crippen molar-refractivity contribution in [1.29, 1.82) is 0 Å². The number of hydrogen-bond acceptors (Lipinski definition) is 4. The van der Waals surface area contributed by atoms with Crippen LogP contribution in [-0.2, 0) is 4.74 Å². The second-order valence-electron chi connectivity index (χ2n) is 5.26. The summed E-state index contributed by atoms with van der Waals surface area (Å²) < 4.78 is 5.99. The minimum atomic E-state index is -0.650. The van der Waals surface area contributed by atoms with Crippen molar-refractivity contribution in [1.82, 2.24) is 4.68 Å². The molecule has 3 aromatic rings. The molecule has 126 valence electrons. The van der Waals surface area contributed by atoms with Crippen molar-refractivity contribution in [2.45, 2.75) is 6.92 Å². The van der Waals surface area contributed by atoms with Crippen LogP contribution in [0.3, 0.4) is 0 Å². The lowest BCUT2D eigenvalue weighted by molar-refractivity contribution is 0.0589. The minimum Gasteiger partial charge on any atom is -0.464 e. The van der Waals surface area contributed by atoms with Gasteiger partial charge in [-0.15, -0.1) is 0 Å². The molecule has 0 saturated heterocycles. The standard InChI is InChI=1S/C19H15ClN2O3/c1-3-21-22-17(19(24)25-2)16(12-7-5-4-6-8-12)15-11-13(20)9-10-14(15)18(22)23/h3-11H,1-2H3/b21-3-. The Morgan fingerprint density at radius 2 is 1.88 bits per heavy atom. The van der Waals surface area contributed by atoms with Crippen LogP contribution in [0.25, 0.3) is 21.9 Å². The summed E-state index contributed by atoms with van der Waals surface area (Å²) in [5.41, 5.74) is 0.960. The topological polar surface area (TPSA) is 60.7 Å². The fourth-order valence-electron chi connectivity index (χ4n) is 2.77. The molecule has 0 amide bonds. The van der Waals surface area contributed by atoms with Gasteiger partial charge in [-0.2, -0.15) is 9.78 Å². The Morgan fingerprint density at radius 3 is 2.52 bits per heavy atom. The summed E-state index contributed by atoms with van der Waals surface area (Å²) >= 11 is 6.14. The van der Waals surface area contributed by atoms with E-state index < -0.39 is 11.5 Å². The average Bonchev–Trinajstić information content (AvgIpc) is 2.63. The number of halogens is 1. The summed E-state index contributed by atoms with van der Waals surface area (Å²) in [5, 5.41) is 5.54. The van der Waals surface area contributed by atoms with Gasteiger partial charge in [-0.25, -0.2) is 4.79 Å². The van der Waals surface area contributed by atoms with Gasteiger partial charge in [0.15, 0.2) is 5.69 Å². The maximum absolute atomic E-state index is 12.9. The second kappa shape index (κ2) is 6.91. The molecule has 0 unspecified atom stereocenters. The molecule has 6 heteroatoms. The van der Waals surface area contributed by atoms with Crippen molar-refractivity contribution in [3.8, 4) is 11.1 Å². The van der Waals surface area contributed by atoms with Crippen LogP contribution in [-0.4, -0.2) is 24.0 Å². The number of aromatic nitrogens is 1. The van der Waals surface area contributed by atoms with Crippen molar-refractivity contribution in [3.63, 3.8) is 0 Å². The van der Waals surface area contributed by atoms with E-state index in [0.717, 1.165) is 10.2 Å². The number of fused-ring (bicyclic) bond motifs is 1. The lowest BCUT2D eigenvalue weighted by Gasteiger charge is -2.15. The molecule has 0 fully saturated rings. The Labute approximate surface area is 149 Å². The number of methoxy groups -OCH3 is 1. The zero-order valence-corrected chi connectivity index (χ0v) is 14.4. The second-order valence-corrected chi connectivity index (χ2v) is 5.70. The zero-order valence-electron chi connectivity index (χ0n) is 13.7. The van der Waals surface area contributed by atoms with Gasteiger partial charge in [-0.1, -0.05) is 41.9 Å². The Hall–Kier alpha value is -2.92. The first kappa shape index (κ1) is 16.9. The molecule has 0 aliphatic carbocycles. The summed E-state index contributed by atoms with van der Waals surface area (Å²) in [4.78, 5) is 25.3. The third kappa shape index (κ3) is 2.94. The van der Waals surface area contributed by atoms with Gasteiger partial charge in [0.2, 0.25) is 0 Å². The molecular weight excluding hydrogens is 340 g/mol. The maximum Gasteiger partial charge on any atom is 0.357 e. The molecule has 0 atom stereocenters. The van der Waals surface area contributed by atoms with Crippen LogP contribution in [0.4, 0.5) is 0 Å². The van der Waals surface area contributed by atoms with Crippen LogP contribution in [0.1, 0.15) is 17.4 Å². The molecule has 2 aromatic carbocycles. The number of benzene rings is 2. The first-order chi connectivity index (χ1) is 12.1. The number of carbonyl (C=O) groups excluding carboxylic acids is 1. The molecule has 0 saturated carbocycles. The van der Waals surface area contributed by atoms with Crippen molar-refractivity contribution < 1.29 is 9.53 Å². The highest BCUT2D eigenvalue weighted by molar-refractivity contribution is 6.31. The summed E-state index contributed by atoms with van der Waals surface area (Å²) in [7, 11) is 1.27. The zero-order chi connectivity index (χ0) is 18.0. The van der Waals surface area contributed by atoms with E-state index >= 15 is 0 Å². The molecule has 5 nitrogen and oxygen atoms in total. The van der Waals surface area contributed by atoms with Gasteiger partial charge in [-0.05, 0) is 36.1 Å². The van der Waals surface area contributed by atoms with Crippen LogP contribution < -0.4 is 5.56 Å². The highest BCUT2D eigenvalue weighted by Gasteiger charge is 2.24. The molecule has 25 heavy (non-hydrogen) atoms. The van der Waals surface area contributed by atoms with Crippen LogP contribution >= 0.6 is 11.6 Å². The van der Waals surface area contributed by atoms with Crippen molar-refractivity contribution in [3.05, 3.63) is 69.6 Å². The molecular formula is C19H15ClN2O3. The van der Waals surface area contributed by atoms with Crippen LogP contribution in [0, 0.1) is 0 Å². The van der Waals surface area contributed by atoms with Crippen molar-refractivity contribution in [2.24, 2.45) is 5.10 Å². The number of nitrogens with zero attached hydrogens (tertiary/aromatic N) is 2. The number of hydrogen-bond donors (Lipinski definition) is 0. The van der Waals surface area contributed by atoms with Crippen LogP contribution in [0.5, 0.6) is 0 Å². The quantitative estimate of drug-likeness (QED) is 0.528. The molecule has 1 aromatic heterocycles. The van der Waals surface area contributed by atoms with Gasteiger partial charge in [-0.3, -0.25) is 4.79 Å². The first-order valence-electron chi connectivity index (χ1n) is 7.59. The predicted octanol–water partition coefficient (Wildman–Crippen LogP) is 3.96. The number of ether oxygens (including phenoxy) is 1. The lowest BCUT2D eigenvalue weighted by atomic mass is 9.97. The highest BCUT2D eigenvalue weighted by atomic mass is 35.5. The largest absolute Gasteiger partial charge is 0.464 e. The van der Waals surface area contributed by atoms with E-state index in [4.69, 9.17) is 16.3 Å². The van der Waals surface area contributed by atoms with Gasteiger partial charge >= 0.3 is 5.97 Å². The minimum absolute atomic E-state index is 0.0616. The number of carbonyl (C=O) groups is 1. The number of pyridine rings is 1. The van der Waals surface area contributed by atoms with E-state index in [0.29, 0.717) is 21.4 Å². The molecule has 0 spiro atoms. The number of esters is 1. The molecule has 0 bridgehead atoms. The van der Waals surface area contributed by atoms with Crippen LogP contribution in [0.15, 0.2) is 58.4 Å². The number of rotatable bonds is 3. The summed E-state index contributed by atoms with van der Waals surface area (Å²) in [6.45, 7) is 1.67. The highest BCUT2D eigenvalue weighted by Crippen LogP contribution is 2.32. The SMILES string of the molecule is C/C=N\n1c(C(=O)OC)c(-c2ccccc2)c2cc(Cl)ccc2c1=O. The maximum atomic E-state index is 12.9. The van der Waals surface area contributed by atoms with E-state index in [2.05, 4.69) is 5.10 Å². The van der Waals surface area contributed by atoms with Crippen LogP contribution in [0.2, 0.25) is 5.02 Å². The molecule has 0 radical (unpaired) electrons. The Kier molecular flexibility index (Phi) is 4.67. The Balaban J connectivity index is 2.60. The normalized spacial score (nSPS) is 11.2. The van der Waals surface area contributed by atoms with E-state index in [9.17, 15) is 9.59 Å². The molecule has 0 N–H and O–H groups in total. The summed E-state index contributed by atoms with van der Waals surface area (Å²) in [6, 6.07) is 14.2. The van der Waals surface area contributed by atoms with E-state index in [1.807, 2.05) is 30.3 Å². The smallest absolute Gasteiger partial charge is 0.357 e. The molecule has 0 aliphatic heterocycles. The first-order valence-corrected chi connectivity index (χ1v) is 7.97. The third-order valence-electron chi connectivity index (χ3n) is 3.79. The van der Waals surface area contributed by atoms with Crippen molar-refractivity contribution >= 4 is 34.6 Å². The summed E-state index contributed by atoms with van der Waals surface area (Å²) in [6.07, 6.45) is 1.45. The molecule has 0 aliphatic rings. The van der Waals surface area contributed by atoms with E-state index in [1.165, 1.54) is 13.3 Å². The monoisotopic (exact) mass is 354 g/mol. The third-order valence-corrected chi connectivity index (χ3v) is 4.03. The van der Waals surface area contributed by atoms with E-state index in [1.54, 1.807) is 25.1 Å².